The van der Waals surface area contributed by atoms with Crippen LogP contribution >= 0.6 is 0 Å². The molecule has 3 aliphatic heterocycles. The lowest BCUT2D eigenvalue weighted by molar-refractivity contribution is -0.121. The van der Waals surface area contributed by atoms with E-state index in [0.717, 1.165) is 25.0 Å². The van der Waals surface area contributed by atoms with Crippen LogP contribution in [-0.4, -0.2) is 60.0 Å². The predicted molar refractivity (Wildman–Crippen MR) is 118 cm³/mol. The molecule has 2 aromatic rings. The predicted octanol–water partition coefficient (Wildman–Crippen LogP) is 3.01. The van der Waals surface area contributed by atoms with E-state index in [0.29, 0.717) is 43.9 Å². The third-order valence-corrected chi connectivity index (χ3v) is 6.88. The van der Waals surface area contributed by atoms with Crippen molar-refractivity contribution in [3.05, 3.63) is 35.9 Å². The van der Waals surface area contributed by atoms with E-state index in [9.17, 15) is 18.0 Å². The Kier molecular flexibility index (Phi) is 5.97. The fourth-order valence-electron chi connectivity index (χ4n) is 5.15. The molecule has 1 spiro atoms. The summed E-state index contributed by atoms with van der Waals surface area (Å²) >= 11 is 0. The van der Waals surface area contributed by atoms with Crippen molar-refractivity contribution >= 4 is 23.4 Å². The van der Waals surface area contributed by atoms with Gasteiger partial charge in [0, 0.05) is 37.3 Å². The molecule has 8 nitrogen and oxygen atoms in total. The number of nitrogen functional groups attached to an aromatic ring is 1. The number of carbonyl (C=O) groups is 1. The summed E-state index contributed by atoms with van der Waals surface area (Å²) in [6.45, 7) is 1.24. The second kappa shape index (κ2) is 8.94. The Hall–Kier alpha value is -3.08. The van der Waals surface area contributed by atoms with E-state index in [1.807, 2.05) is 4.90 Å². The Balaban J connectivity index is 1.35. The van der Waals surface area contributed by atoms with E-state index in [1.54, 1.807) is 11.0 Å². The molecule has 3 fully saturated rings. The molecule has 0 saturated carbocycles. The molecule has 1 amide bonds. The number of nitrogens with two attached hydrogens (primary N) is 1. The fraction of sp³-hybridized carbons (Fsp3) is 0.522. The number of nitrogens with zero attached hydrogens (tertiary/aromatic N) is 4. The summed E-state index contributed by atoms with van der Waals surface area (Å²) in [5, 5.41) is 0. The second-order valence-electron chi connectivity index (χ2n) is 9.02. The van der Waals surface area contributed by atoms with Crippen LogP contribution in [0.25, 0.3) is 0 Å². The van der Waals surface area contributed by atoms with E-state index >= 15 is 0 Å². The van der Waals surface area contributed by atoms with Crippen molar-refractivity contribution in [1.29, 1.82) is 0 Å². The van der Waals surface area contributed by atoms with Gasteiger partial charge in [-0.2, -0.15) is 9.97 Å². The number of hydrogen-bond donors (Lipinski definition) is 1. The number of halogens is 3. The van der Waals surface area contributed by atoms with Crippen molar-refractivity contribution in [3.8, 4) is 5.88 Å². The van der Waals surface area contributed by atoms with Gasteiger partial charge in [-0.05, 0) is 37.8 Å². The van der Waals surface area contributed by atoms with Crippen molar-refractivity contribution in [3.63, 3.8) is 0 Å². The van der Waals surface area contributed by atoms with Crippen LogP contribution in [0.2, 0.25) is 0 Å². The molecule has 1 aromatic carbocycles. The molecule has 0 bridgehead atoms. The smallest absolute Gasteiger partial charge is 0.227 e. The van der Waals surface area contributed by atoms with Gasteiger partial charge in [0.15, 0.2) is 23.9 Å². The molecule has 34 heavy (non-hydrogen) atoms. The molecule has 4 heterocycles. The monoisotopic (exact) mass is 477 g/mol. The Morgan fingerprint density at radius 3 is 2.59 bits per heavy atom. The summed E-state index contributed by atoms with van der Waals surface area (Å²) in [6, 6.07) is 5.22. The number of benzene rings is 1. The van der Waals surface area contributed by atoms with E-state index in [4.69, 9.17) is 15.2 Å². The number of hydrogen-bond acceptors (Lipinski definition) is 7. The van der Waals surface area contributed by atoms with Crippen LogP contribution < -0.4 is 20.3 Å². The standard InChI is InChI=1S/C23H26F3N5O3/c24-15-4-3-14(10-16(15)25)31-21(32)2-1-5-23(31)6-8-30(9-7-23)19-11-20(29-22(27)28-19)34-18-13-33-12-17(18)26/h3-4,10-11,17-18H,1-2,5-9,12-13H2,(H2,27,28,29)/t17-,18-/m1/s1. The highest BCUT2D eigenvalue weighted by atomic mass is 19.2. The number of alkyl halides is 1. The van der Waals surface area contributed by atoms with Gasteiger partial charge in [-0.1, -0.05) is 0 Å². The molecule has 0 radical (unpaired) electrons. The first-order valence-corrected chi connectivity index (χ1v) is 11.4. The zero-order chi connectivity index (χ0) is 23.9. The molecule has 0 unspecified atom stereocenters. The molecule has 0 aliphatic carbocycles. The van der Waals surface area contributed by atoms with Crippen molar-refractivity contribution < 1.29 is 27.4 Å². The number of aromatic nitrogens is 2. The molecule has 3 saturated heterocycles. The number of ether oxygens (including phenoxy) is 2. The van der Waals surface area contributed by atoms with Crippen LogP contribution in [0.3, 0.4) is 0 Å². The lowest BCUT2D eigenvalue weighted by Crippen LogP contribution is -2.60. The second-order valence-corrected chi connectivity index (χ2v) is 9.02. The van der Waals surface area contributed by atoms with Crippen molar-refractivity contribution in [1.82, 2.24) is 9.97 Å². The zero-order valence-electron chi connectivity index (χ0n) is 18.6. The van der Waals surface area contributed by atoms with Gasteiger partial charge in [-0.3, -0.25) is 4.79 Å². The Bertz CT molecular complexity index is 1080. The molecule has 2 N–H and O–H groups in total. The van der Waals surface area contributed by atoms with Crippen LogP contribution in [0.1, 0.15) is 32.1 Å². The van der Waals surface area contributed by atoms with Crippen LogP contribution in [-0.2, 0) is 9.53 Å². The summed E-state index contributed by atoms with van der Waals surface area (Å²) in [4.78, 5) is 24.9. The molecule has 11 heteroatoms. The van der Waals surface area contributed by atoms with Gasteiger partial charge in [0.25, 0.3) is 0 Å². The first-order chi connectivity index (χ1) is 16.3. The number of anilines is 3. The highest BCUT2D eigenvalue weighted by Crippen LogP contribution is 2.42. The number of rotatable bonds is 4. The summed E-state index contributed by atoms with van der Waals surface area (Å²) in [6.07, 6.45) is 1.12. The number of carbonyl (C=O) groups excluding carboxylic acids is 1. The van der Waals surface area contributed by atoms with Gasteiger partial charge in [0.05, 0.1) is 18.8 Å². The Morgan fingerprint density at radius 1 is 1.09 bits per heavy atom. The maximum absolute atomic E-state index is 14.0. The van der Waals surface area contributed by atoms with Crippen LogP contribution in [0.5, 0.6) is 5.88 Å². The maximum Gasteiger partial charge on any atom is 0.227 e. The molecular formula is C23H26F3N5O3. The van der Waals surface area contributed by atoms with Gasteiger partial charge in [0.2, 0.25) is 17.7 Å². The molecule has 5 rings (SSSR count). The third kappa shape index (κ3) is 4.24. The minimum Gasteiger partial charge on any atom is -0.468 e. The van der Waals surface area contributed by atoms with Crippen molar-refractivity contribution in [2.75, 3.05) is 41.8 Å². The Labute approximate surface area is 194 Å². The first kappa shape index (κ1) is 22.7. The lowest BCUT2D eigenvalue weighted by atomic mass is 9.78. The quantitative estimate of drug-likeness (QED) is 0.724. The van der Waals surface area contributed by atoms with Crippen molar-refractivity contribution in [2.24, 2.45) is 0 Å². The summed E-state index contributed by atoms with van der Waals surface area (Å²) in [5.41, 5.74) is 5.77. The normalized spacial score (nSPS) is 24.6. The van der Waals surface area contributed by atoms with Gasteiger partial charge in [-0.25, -0.2) is 13.2 Å². The Morgan fingerprint density at radius 2 is 1.88 bits per heavy atom. The van der Waals surface area contributed by atoms with Gasteiger partial charge in [-0.15, -0.1) is 0 Å². The summed E-state index contributed by atoms with van der Waals surface area (Å²) in [7, 11) is 0. The minimum atomic E-state index is -1.24. The van der Waals surface area contributed by atoms with E-state index in [-0.39, 0.29) is 30.9 Å². The number of amides is 1. The molecular weight excluding hydrogens is 451 g/mol. The summed E-state index contributed by atoms with van der Waals surface area (Å²) in [5.74, 6) is -1.27. The van der Waals surface area contributed by atoms with E-state index < -0.39 is 29.4 Å². The third-order valence-electron chi connectivity index (χ3n) is 6.88. The topological polar surface area (TPSA) is 93.8 Å². The highest BCUT2D eigenvalue weighted by molar-refractivity contribution is 5.95. The van der Waals surface area contributed by atoms with Crippen LogP contribution in [0.15, 0.2) is 24.3 Å². The number of piperidine rings is 2. The highest BCUT2D eigenvalue weighted by Gasteiger charge is 2.45. The average molecular weight is 477 g/mol. The molecule has 2 atom stereocenters. The largest absolute Gasteiger partial charge is 0.468 e. The zero-order valence-corrected chi connectivity index (χ0v) is 18.6. The van der Waals surface area contributed by atoms with Crippen molar-refractivity contribution in [2.45, 2.75) is 49.9 Å². The SMILES string of the molecule is Nc1nc(O[C@@H]2COC[C@H]2F)cc(N2CCC3(CCCC(=O)N3c3ccc(F)c(F)c3)CC2)n1. The lowest BCUT2D eigenvalue weighted by Gasteiger charge is -2.51. The maximum atomic E-state index is 14.0. The van der Waals surface area contributed by atoms with Gasteiger partial charge < -0.3 is 25.0 Å². The first-order valence-electron chi connectivity index (χ1n) is 11.4. The van der Waals surface area contributed by atoms with Crippen LogP contribution in [0, 0.1) is 11.6 Å². The van der Waals surface area contributed by atoms with Gasteiger partial charge >= 0.3 is 0 Å². The minimum absolute atomic E-state index is 0.0124. The molecule has 3 aliphatic rings. The molecule has 1 aromatic heterocycles. The average Bonchev–Trinajstić information content (AvgIpc) is 3.20. The van der Waals surface area contributed by atoms with Gasteiger partial charge in [0.1, 0.15) is 5.82 Å². The molecule has 182 valence electrons. The van der Waals surface area contributed by atoms with E-state index in [2.05, 4.69) is 9.97 Å². The van der Waals surface area contributed by atoms with Crippen LogP contribution in [0.4, 0.5) is 30.6 Å². The fourth-order valence-corrected chi connectivity index (χ4v) is 5.15. The summed E-state index contributed by atoms with van der Waals surface area (Å²) < 4.78 is 52.1. The van der Waals surface area contributed by atoms with E-state index in [1.165, 1.54) is 6.07 Å².